The second kappa shape index (κ2) is 9.94. The zero-order valence-corrected chi connectivity index (χ0v) is 19.6. The van der Waals surface area contributed by atoms with Crippen molar-refractivity contribution >= 4 is 23.3 Å². The first-order chi connectivity index (χ1) is 15.2. The summed E-state index contributed by atoms with van der Waals surface area (Å²) in [5.41, 5.74) is 2.16. The molecule has 0 atom stereocenters. The Hall–Kier alpha value is -3.22. The zero-order chi connectivity index (χ0) is 23.3. The molecule has 0 saturated carbocycles. The van der Waals surface area contributed by atoms with Gasteiger partial charge in [0.15, 0.2) is 0 Å². The molecule has 7 nitrogen and oxygen atoms in total. The number of anilines is 2. The molecule has 32 heavy (non-hydrogen) atoms. The molecule has 0 aromatic heterocycles. The van der Waals surface area contributed by atoms with Crippen LogP contribution in [0.3, 0.4) is 0 Å². The van der Waals surface area contributed by atoms with Crippen LogP contribution in [-0.2, 0) is 11.3 Å². The molecule has 3 amide bonds. The van der Waals surface area contributed by atoms with E-state index in [1.54, 1.807) is 25.2 Å². The molecule has 3 rings (SSSR count). The molecule has 2 aromatic rings. The average Bonchev–Trinajstić information content (AvgIpc) is 2.74. The summed E-state index contributed by atoms with van der Waals surface area (Å²) in [6, 6.07) is 13.1. The Morgan fingerprint density at radius 1 is 1.00 bits per heavy atom. The van der Waals surface area contributed by atoms with Gasteiger partial charge in [-0.05, 0) is 41.7 Å². The van der Waals surface area contributed by atoms with E-state index >= 15 is 0 Å². The van der Waals surface area contributed by atoms with Crippen molar-refractivity contribution in [2.45, 2.75) is 40.2 Å². The van der Waals surface area contributed by atoms with Crippen molar-refractivity contribution in [2.75, 3.05) is 37.5 Å². The summed E-state index contributed by atoms with van der Waals surface area (Å²) in [6.07, 6.45) is 1.21. The lowest BCUT2D eigenvalue weighted by Crippen LogP contribution is -2.49. The van der Waals surface area contributed by atoms with Gasteiger partial charge in [-0.15, -0.1) is 0 Å². The third-order valence-electron chi connectivity index (χ3n) is 5.30. The van der Waals surface area contributed by atoms with Crippen molar-refractivity contribution in [1.29, 1.82) is 0 Å². The van der Waals surface area contributed by atoms with Gasteiger partial charge < -0.3 is 19.7 Å². The van der Waals surface area contributed by atoms with Crippen LogP contribution in [0, 0.1) is 5.41 Å². The second-order valence-electron chi connectivity index (χ2n) is 9.23. The number of ether oxygens (including phenoxy) is 2. The van der Waals surface area contributed by atoms with E-state index in [-0.39, 0.29) is 17.4 Å². The predicted molar refractivity (Wildman–Crippen MR) is 126 cm³/mol. The largest absolute Gasteiger partial charge is 0.497 e. The quantitative estimate of drug-likeness (QED) is 0.665. The Bertz CT molecular complexity index is 951. The zero-order valence-electron chi connectivity index (χ0n) is 19.6. The van der Waals surface area contributed by atoms with Gasteiger partial charge in [-0.2, -0.15) is 0 Å². The molecule has 0 aliphatic carbocycles. The number of rotatable bonds is 7. The van der Waals surface area contributed by atoms with Crippen LogP contribution in [0.15, 0.2) is 42.5 Å². The minimum absolute atomic E-state index is 0.0800. The highest BCUT2D eigenvalue weighted by Crippen LogP contribution is 2.33. The number of carbonyl (C=O) groups excluding carboxylic acids is 2. The van der Waals surface area contributed by atoms with Gasteiger partial charge in [-0.1, -0.05) is 32.9 Å². The first-order valence-corrected chi connectivity index (χ1v) is 10.9. The highest BCUT2D eigenvalue weighted by atomic mass is 16.5. The van der Waals surface area contributed by atoms with Gasteiger partial charge in [0.05, 0.1) is 25.6 Å². The van der Waals surface area contributed by atoms with E-state index in [1.165, 1.54) is 0 Å². The van der Waals surface area contributed by atoms with Crippen molar-refractivity contribution < 1.29 is 19.1 Å². The molecule has 1 saturated heterocycles. The Kier molecular flexibility index (Phi) is 7.28. The lowest BCUT2D eigenvalue weighted by molar-refractivity contribution is -0.117. The Labute approximate surface area is 190 Å². The topological polar surface area (TPSA) is 71.1 Å². The van der Waals surface area contributed by atoms with E-state index in [0.29, 0.717) is 43.2 Å². The summed E-state index contributed by atoms with van der Waals surface area (Å²) in [7, 11) is 3.21. The Balaban J connectivity index is 1.82. The van der Waals surface area contributed by atoms with Crippen molar-refractivity contribution in [3.63, 3.8) is 0 Å². The number of nitrogens with one attached hydrogen (secondary N) is 1. The van der Waals surface area contributed by atoms with E-state index in [1.807, 2.05) is 62.1 Å². The number of amides is 3. The normalized spacial score (nSPS) is 14.3. The molecule has 1 fully saturated rings. The molecule has 2 aromatic carbocycles. The van der Waals surface area contributed by atoms with Crippen molar-refractivity contribution in [2.24, 2.45) is 5.41 Å². The molecule has 172 valence electrons. The maximum absolute atomic E-state index is 13.4. The van der Waals surface area contributed by atoms with Gasteiger partial charge in [0.2, 0.25) is 5.91 Å². The number of benzene rings is 2. The summed E-state index contributed by atoms with van der Waals surface area (Å²) in [4.78, 5) is 29.5. The average molecular weight is 440 g/mol. The maximum atomic E-state index is 13.4. The Morgan fingerprint density at radius 2 is 1.66 bits per heavy atom. The molecule has 0 unspecified atom stereocenters. The fourth-order valence-corrected chi connectivity index (χ4v) is 3.76. The van der Waals surface area contributed by atoms with Crippen LogP contribution in [0.5, 0.6) is 11.5 Å². The van der Waals surface area contributed by atoms with Crippen LogP contribution in [-0.4, -0.2) is 44.1 Å². The summed E-state index contributed by atoms with van der Waals surface area (Å²) in [5, 5.41) is 2.99. The molecule has 0 bridgehead atoms. The van der Waals surface area contributed by atoms with Crippen molar-refractivity contribution in [3.05, 3.63) is 48.0 Å². The van der Waals surface area contributed by atoms with E-state index in [9.17, 15) is 9.59 Å². The van der Waals surface area contributed by atoms with Crippen LogP contribution in [0.2, 0.25) is 0 Å². The highest BCUT2D eigenvalue weighted by Gasteiger charge is 2.29. The van der Waals surface area contributed by atoms with Crippen LogP contribution in [0.1, 0.15) is 39.2 Å². The maximum Gasteiger partial charge on any atom is 0.324 e. The first kappa shape index (κ1) is 23.4. The number of hydrogen-bond donors (Lipinski definition) is 1. The smallest absolute Gasteiger partial charge is 0.324 e. The van der Waals surface area contributed by atoms with Gasteiger partial charge >= 0.3 is 6.03 Å². The van der Waals surface area contributed by atoms with Crippen LogP contribution in [0.25, 0.3) is 0 Å². The van der Waals surface area contributed by atoms with Crippen molar-refractivity contribution in [3.8, 4) is 11.5 Å². The van der Waals surface area contributed by atoms with Crippen molar-refractivity contribution in [1.82, 2.24) is 4.90 Å². The molecule has 1 aliphatic rings. The van der Waals surface area contributed by atoms with E-state index in [4.69, 9.17) is 9.47 Å². The monoisotopic (exact) mass is 439 g/mol. The summed E-state index contributed by atoms with van der Waals surface area (Å²) in [5.74, 6) is 1.32. The standard InChI is InChI=1S/C25H33N3O4/c1-25(2,3)16-23(29)26-21-15-20(32-5)11-12-22(21)28-14-6-13-27(24(28)30)17-18-7-9-19(31-4)10-8-18/h7-12,15H,6,13-14,16-17H2,1-5H3,(H,26,29). The number of carbonyl (C=O) groups is 2. The predicted octanol–water partition coefficient (Wildman–Crippen LogP) is 4.91. The van der Waals surface area contributed by atoms with E-state index < -0.39 is 0 Å². The summed E-state index contributed by atoms with van der Waals surface area (Å²) < 4.78 is 10.6. The Morgan fingerprint density at radius 3 is 2.28 bits per heavy atom. The molecule has 0 radical (unpaired) electrons. The molecular weight excluding hydrogens is 406 g/mol. The minimum atomic E-state index is -0.140. The third kappa shape index (κ3) is 5.93. The summed E-state index contributed by atoms with van der Waals surface area (Å²) >= 11 is 0. The lowest BCUT2D eigenvalue weighted by Gasteiger charge is -2.36. The van der Waals surface area contributed by atoms with Crippen LogP contribution in [0.4, 0.5) is 16.2 Å². The summed E-state index contributed by atoms with van der Waals surface area (Å²) in [6.45, 7) is 7.84. The van der Waals surface area contributed by atoms with E-state index in [0.717, 1.165) is 17.7 Å². The van der Waals surface area contributed by atoms with Crippen LogP contribution < -0.4 is 19.7 Å². The fraction of sp³-hybridized carbons (Fsp3) is 0.440. The minimum Gasteiger partial charge on any atom is -0.497 e. The lowest BCUT2D eigenvalue weighted by atomic mass is 9.92. The molecule has 1 N–H and O–H groups in total. The number of hydrogen-bond acceptors (Lipinski definition) is 4. The number of urea groups is 1. The van der Waals surface area contributed by atoms with Gasteiger partial charge in [0.25, 0.3) is 0 Å². The first-order valence-electron chi connectivity index (χ1n) is 10.9. The molecule has 1 heterocycles. The van der Waals surface area contributed by atoms with Gasteiger partial charge in [0.1, 0.15) is 11.5 Å². The van der Waals surface area contributed by atoms with Gasteiger partial charge in [-0.25, -0.2) is 4.79 Å². The highest BCUT2D eigenvalue weighted by molar-refractivity contribution is 6.01. The third-order valence-corrected chi connectivity index (χ3v) is 5.30. The van der Waals surface area contributed by atoms with Gasteiger partial charge in [-0.3, -0.25) is 9.69 Å². The molecule has 7 heteroatoms. The fourth-order valence-electron chi connectivity index (χ4n) is 3.76. The molecule has 0 spiro atoms. The SMILES string of the molecule is COc1ccc(CN2CCCN(c3ccc(OC)cc3NC(=O)CC(C)(C)C)C2=O)cc1. The van der Waals surface area contributed by atoms with E-state index in [2.05, 4.69) is 5.32 Å². The van der Waals surface area contributed by atoms with Gasteiger partial charge in [0, 0.05) is 32.1 Å². The number of methoxy groups -OCH3 is 2. The molecular formula is C25H33N3O4. The molecule has 1 aliphatic heterocycles. The number of nitrogens with zero attached hydrogens (tertiary/aromatic N) is 2. The van der Waals surface area contributed by atoms with Crippen LogP contribution >= 0.6 is 0 Å². The second-order valence-corrected chi connectivity index (χ2v) is 9.23.